The Bertz CT molecular complexity index is 1070. The van der Waals surface area contributed by atoms with Crippen LogP contribution in [0.25, 0.3) is 0 Å². The van der Waals surface area contributed by atoms with Gasteiger partial charge in [-0.1, -0.05) is 18.3 Å². The molecule has 3 aromatic rings. The van der Waals surface area contributed by atoms with Gasteiger partial charge in [-0.25, -0.2) is 4.79 Å². The van der Waals surface area contributed by atoms with Gasteiger partial charge in [0.1, 0.15) is 17.2 Å². The molecule has 0 atom stereocenters. The fourth-order valence-electron chi connectivity index (χ4n) is 3.17. The van der Waals surface area contributed by atoms with E-state index in [0.29, 0.717) is 17.9 Å². The van der Waals surface area contributed by atoms with E-state index in [1.54, 1.807) is 50.6 Å². The van der Waals surface area contributed by atoms with Crippen LogP contribution in [0.1, 0.15) is 47.2 Å². The zero-order valence-corrected chi connectivity index (χ0v) is 19.7. The number of methoxy groups -OCH3 is 2. The number of ether oxygens (including phenoxy) is 4. The largest absolute Gasteiger partial charge is 0.497 e. The molecule has 0 aliphatic heterocycles. The lowest BCUT2D eigenvalue weighted by Gasteiger charge is -2.08. The standard InChI is InChI=1S/C29H30O5/c1-31-21-5-3-4-6-22-33-27-19-13-25(14-20-27)29(30)34-28-17-11-24(12-18-28)8-7-23-9-15-26(32-2)16-10-23/h9-20H,3-6,21-22H2,1-2H3. The fraction of sp³-hybridized carbons (Fsp3) is 0.276. The van der Waals surface area contributed by atoms with E-state index in [9.17, 15) is 4.79 Å². The van der Waals surface area contributed by atoms with Gasteiger partial charge in [-0.15, -0.1) is 0 Å². The molecule has 0 amide bonds. The maximum atomic E-state index is 12.4. The van der Waals surface area contributed by atoms with Gasteiger partial charge in [0.15, 0.2) is 0 Å². The first-order valence-electron chi connectivity index (χ1n) is 11.4. The van der Waals surface area contributed by atoms with E-state index in [2.05, 4.69) is 11.8 Å². The Labute approximate surface area is 201 Å². The third-order valence-corrected chi connectivity index (χ3v) is 5.11. The number of carbonyl (C=O) groups excluding carboxylic acids is 1. The number of hydrogen-bond donors (Lipinski definition) is 0. The third-order valence-electron chi connectivity index (χ3n) is 5.11. The minimum absolute atomic E-state index is 0.415. The molecule has 0 heterocycles. The lowest BCUT2D eigenvalue weighted by molar-refractivity contribution is 0.0734. The maximum Gasteiger partial charge on any atom is 0.343 e. The zero-order chi connectivity index (χ0) is 24.0. The summed E-state index contributed by atoms with van der Waals surface area (Å²) in [7, 11) is 3.35. The molecule has 0 saturated carbocycles. The van der Waals surface area contributed by atoms with Gasteiger partial charge in [0.25, 0.3) is 0 Å². The number of unbranched alkanes of at least 4 members (excludes halogenated alkanes) is 3. The van der Waals surface area contributed by atoms with E-state index in [1.807, 2.05) is 36.4 Å². The molecule has 0 fully saturated rings. The smallest absolute Gasteiger partial charge is 0.343 e. The van der Waals surface area contributed by atoms with Crippen molar-refractivity contribution in [3.63, 3.8) is 0 Å². The van der Waals surface area contributed by atoms with Crippen LogP contribution in [0, 0.1) is 11.8 Å². The lowest BCUT2D eigenvalue weighted by Crippen LogP contribution is -2.08. The SMILES string of the molecule is COCCCCCCOc1ccc(C(=O)Oc2ccc(C#Cc3ccc(OC)cc3)cc2)cc1. The topological polar surface area (TPSA) is 54.0 Å². The average Bonchev–Trinajstić information content (AvgIpc) is 2.88. The van der Waals surface area contributed by atoms with Crippen LogP contribution in [0.5, 0.6) is 17.2 Å². The number of carbonyl (C=O) groups is 1. The van der Waals surface area contributed by atoms with Gasteiger partial charge in [-0.2, -0.15) is 0 Å². The summed E-state index contributed by atoms with van der Waals surface area (Å²) in [5.74, 6) is 7.79. The van der Waals surface area contributed by atoms with Crippen molar-refractivity contribution in [1.82, 2.24) is 0 Å². The quantitative estimate of drug-likeness (QED) is 0.155. The van der Waals surface area contributed by atoms with Gasteiger partial charge < -0.3 is 18.9 Å². The highest BCUT2D eigenvalue weighted by Gasteiger charge is 2.09. The highest BCUT2D eigenvalue weighted by Crippen LogP contribution is 2.17. The molecule has 0 aliphatic carbocycles. The monoisotopic (exact) mass is 458 g/mol. The zero-order valence-electron chi connectivity index (χ0n) is 19.7. The van der Waals surface area contributed by atoms with Crippen molar-refractivity contribution in [3.05, 3.63) is 89.5 Å². The highest BCUT2D eigenvalue weighted by atomic mass is 16.5. The van der Waals surface area contributed by atoms with E-state index < -0.39 is 5.97 Å². The molecule has 0 spiro atoms. The molecular weight excluding hydrogens is 428 g/mol. The van der Waals surface area contributed by atoms with Crippen molar-refractivity contribution >= 4 is 5.97 Å². The summed E-state index contributed by atoms with van der Waals surface area (Å²) in [6, 6.07) is 21.7. The fourth-order valence-corrected chi connectivity index (χ4v) is 3.17. The van der Waals surface area contributed by atoms with Crippen LogP contribution >= 0.6 is 0 Å². The van der Waals surface area contributed by atoms with Gasteiger partial charge in [0.2, 0.25) is 0 Å². The van der Waals surface area contributed by atoms with Crippen LogP contribution in [0.3, 0.4) is 0 Å². The van der Waals surface area contributed by atoms with Gasteiger partial charge >= 0.3 is 5.97 Å². The molecule has 5 nitrogen and oxygen atoms in total. The molecule has 34 heavy (non-hydrogen) atoms. The predicted molar refractivity (Wildman–Crippen MR) is 133 cm³/mol. The van der Waals surface area contributed by atoms with Crippen molar-refractivity contribution in [1.29, 1.82) is 0 Å². The molecule has 3 aromatic carbocycles. The lowest BCUT2D eigenvalue weighted by atomic mass is 10.1. The third kappa shape index (κ3) is 8.31. The molecule has 0 unspecified atom stereocenters. The first-order chi connectivity index (χ1) is 16.7. The summed E-state index contributed by atoms with van der Waals surface area (Å²) < 4.78 is 21.4. The second kappa shape index (κ2) is 13.7. The number of esters is 1. The summed E-state index contributed by atoms with van der Waals surface area (Å²) in [5, 5.41) is 0. The second-order valence-electron chi connectivity index (χ2n) is 7.67. The van der Waals surface area contributed by atoms with E-state index in [-0.39, 0.29) is 0 Å². The summed E-state index contributed by atoms with van der Waals surface area (Å²) in [6.45, 7) is 1.46. The van der Waals surface area contributed by atoms with Crippen LogP contribution in [0.15, 0.2) is 72.8 Å². The molecule has 0 N–H and O–H groups in total. The van der Waals surface area contributed by atoms with Gasteiger partial charge in [-0.3, -0.25) is 0 Å². The molecule has 0 saturated heterocycles. The molecule has 3 rings (SSSR count). The number of hydrogen-bond acceptors (Lipinski definition) is 5. The van der Waals surface area contributed by atoms with Crippen molar-refractivity contribution in [2.75, 3.05) is 27.4 Å². The number of benzene rings is 3. The van der Waals surface area contributed by atoms with Gasteiger partial charge in [-0.05, 0) is 92.1 Å². The first-order valence-corrected chi connectivity index (χ1v) is 11.4. The van der Waals surface area contributed by atoms with Crippen molar-refractivity contribution in [3.8, 4) is 29.1 Å². The van der Waals surface area contributed by atoms with Gasteiger partial charge in [0, 0.05) is 24.8 Å². The minimum Gasteiger partial charge on any atom is -0.497 e. The molecule has 0 aromatic heterocycles. The van der Waals surface area contributed by atoms with Crippen LogP contribution in [0.4, 0.5) is 0 Å². The van der Waals surface area contributed by atoms with Gasteiger partial charge in [0.05, 0.1) is 19.3 Å². The average molecular weight is 459 g/mol. The van der Waals surface area contributed by atoms with E-state index >= 15 is 0 Å². The van der Waals surface area contributed by atoms with Crippen molar-refractivity contribution in [2.24, 2.45) is 0 Å². The highest BCUT2D eigenvalue weighted by molar-refractivity contribution is 5.91. The summed E-state index contributed by atoms with van der Waals surface area (Å²) in [6.07, 6.45) is 4.32. The molecule has 0 aliphatic rings. The Balaban J connectivity index is 1.45. The summed E-state index contributed by atoms with van der Waals surface area (Å²) in [4.78, 5) is 12.4. The summed E-state index contributed by atoms with van der Waals surface area (Å²) in [5.41, 5.74) is 2.19. The summed E-state index contributed by atoms with van der Waals surface area (Å²) >= 11 is 0. The Hall–Kier alpha value is -3.75. The Kier molecular flexibility index (Phi) is 10.0. The van der Waals surface area contributed by atoms with Crippen LogP contribution in [-0.4, -0.2) is 33.4 Å². The second-order valence-corrected chi connectivity index (χ2v) is 7.67. The Morgan fingerprint density at radius 2 is 1.18 bits per heavy atom. The minimum atomic E-state index is -0.415. The molecule has 5 heteroatoms. The number of rotatable bonds is 11. The Morgan fingerprint density at radius 3 is 1.74 bits per heavy atom. The Morgan fingerprint density at radius 1 is 0.647 bits per heavy atom. The maximum absolute atomic E-state index is 12.4. The van der Waals surface area contributed by atoms with E-state index in [1.165, 1.54) is 0 Å². The first kappa shape index (κ1) is 24.9. The van der Waals surface area contributed by atoms with Crippen molar-refractivity contribution < 1.29 is 23.7 Å². The normalized spacial score (nSPS) is 10.2. The molecule has 0 bridgehead atoms. The van der Waals surface area contributed by atoms with E-state index in [4.69, 9.17) is 18.9 Å². The van der Waals surface area contributed by atoms with Crippen molar-refractivity contribution in [2.45, 2.75) is 25.7 Å². The van der Waals surface area contributed by atoms with Crippen LogP contribution in [0.2, 0.25) is 0 Å². The predicted octanol–water partition coefficient (Wildman–Crippen LogP) is 5.90. The molecular formula is C29H30O5. The molecule has 0 radical (unpaired) electrons. The van der Waals surface area contributed by atoms with Crippen LogP contribution in [-0.2, 0) is 4.74 Å². The van der Waals surface area contributed by atoms with Crippen LogP contribution < -0.4 is 14.2 Å². The van der Waals surface area contributed by atoms with E-state index in [0.717, 1.165) is 54.9 Å². The molecule has 176 valence electrons.